The number of anilines is 1. The van der Waals surface area contributed by atoms with Crippen LogP contribution in [-0.2, 0) is 4.74 Å². The second-order valence-electron chi connectivity index (χ2n) is 6.84. The molecule has 29 heavy (non-hydrogen) atoms. The number of hydrogen-bond donors (Lipinski definition) is 1. The largest absolute Gasteiger partial charge is 0.491 e. The summed E-state index contributed by atoms with van der Waals surface area (Å²) in [4.78, 5) is 13.6. The highest BCUT2D eigenvalue weighted by Gasteiger charge is 2.23. The number of carbonyl (C=O) groups excluding carboxylic acids is 1. The van der Waals surface area contributed by atoms with Gasteiger partial charge in [-0.05, 0) is 84.0 Å². The summed E-state index contributed by atoms with van der Waals surface area (Å²) in [6.45, 7) is 5.58. The van der Waals surface area contributed by atoms with Crippen molar-refractivity contribution in [3.05, 3.63) is 57.8 Å². The molecular weight excluding hydrogens is 459 g/mol. The molecule has 0 aliphatic carbocycles. The van der Waals surface area contributed by atoms with E-state index in [9.17, 15) is 9.18 Å². The molecule has 1 fully saturated rings. The summed E-state index contributed by atoms with van der Waals surface area (Å²) in [7, 11) is 0. The minimum atomic E-state index is -0.316. The van der Waals surface area contributed by atoms with Crippen molar-refractivity contribution >= 4 is 44.7 Å². The maximum atomic E-state index is 13.3. The Kier molecular flexibility index (Phi) is 7.21. The summed E-state index contributed by atoms with van der Waals surface area (Å²) in [5, 5.41) is 3.69. The van der Waals surface area contributed by atoms with Crippen LogP contribution in [0.25, 0.3) is 0 Å². The summed E-state index contributed by atoms with van der Waals surface area (Å²) in [5.41, 5.74) is 2.29. The standard InChI is InChI=1S/C21H22BrFN2O3S/c1-13-9-16(4-5-18(13)14(2)26)28-12-17-11-25(7-8-27-17)21(29)24-20-6-3-15(23)10-19(20)22/h3-6,9-10,17H,7-8,11-12H2,1-2H3,(H,24,29). The second-order valence-corrected chi connectivity index (χ2v) is 8.08. The third-order valence-corrected chi connectivity index (χ3v) is 5.63. The first-order valence-electron chi connectivity index (χ1n) is 9.20. The third kappa shape index (κ3) is 5.74. The van der Waals surface area contributed by atoms with Crippen LogP contribution in [0.3, 0.4) is 0 Å². The van der Waals surface area contributed by atoms with Crippen molar-refractivity contribution in [2.24, 2.45) is 0 Å². The Bertz CT molecular complexity index is 925. The lowest BCUT2D eigenvalue weighted by atomic mass is 10.1. The van der Waals surface area contributed by atoms with Gasteiger partial charge in [-0.25, -0.2) is 4.39 Å². The van der Waals surface area contributed by atoms with E-state index in [0.717, 1.165) is 5.56 Å². The molecular formula is C21H22BrFN2O3S. The zero-order valence-corrected chi connectivity index (χ0v) is 18.6. The summed E-state index contributed by atoms with van der Waals surface area (Å²) < 4.78 is 25.5. The van der Waals surface area contributed by atoms with E-state index >= 15 is 0 Å². The van der Waals surface area contributed by atoms with Crippen LogP contribution >= 0.6 is 28.1 Å². The Morgan fingerprint density at radius 2 is 2.17 bits per heavy atom. The second kappa shape index (κ2) is 9.65. The maximum Gasteiger partial charge on any atom is 0.173 e. The predicted molar refractivity (Wildman–Crippen MR) is 118 cm³/mol. The van der Waals surface area contributed by atoms with Gasteiger partial charge in [0.2, 0.25) is 0 Å². The Labute approximate surface area is 183 Å². The van der Waals surface area contributed by atoms with E-state index < -0.39 is 0 Å². The van der Waals surface area contributed by atoms with Crippen LogP contribution in [0.15, 0.2) is 40.9 Å². The molecule has 1 aliphatic rings. The van der Waals surface area contributed by atoms with Gasteiger partial charge in [-0.1, -0.05) is 0 Å². The number of thiocarbonyl (C=S) groups is 1. The first-order valence-corrected chi connectivity index (χ1v) is 10.4. The van der Waals surface area contributed by atoms with Gasteiger partial charge in [0.15, 0.2) is 10.9 Å². The maximum absolute atomic E-state index is 13.3. The summed E-state index contributed by atoms with van der Waals surface area (Å²) in [6.07, 6.45) is -0.145. The van der Waals surface area contributed by atoms with Crippen LogP contribution in [0.2, 0.25) is 0 Å². The number of rotatable bonds is 5. The zero-order chi connectivity index (χ0) is 21.0. The number of nitrogens with zero attached hydrogens (tertiary/aromatic N) is 1. The molecule has 5 nitrogen and oxygen atoms in total. The first-order chi connectivity index (χ1) is 13.8. The van der Waals surface area contributed by atoms with Crippen molar-refractivity contribution < 1.29 is 18.7 Å². The minimum Gasteiger partial charge on any atom is -0.491 e. The highest BCUT2D eigenvalue weighted by Crippen LogP contribution is 2.24. The lowest BCUT2D eigenvalue weighted by molar-refractivity contribution is -0.0280. The lowest BCUT2D eigenvalue weighted by Gasteiger charge is -2.34. The quantitative estimate of drug-likeness (QED) is 0.499. The Morgan fingerprint density at radius 1 is 1.38 bits per heavy atom. The van der Waals surface area contributed by atoms with Crippen molar-refractivity contribution in [2.75, 3.05) is 31.6 Å². The smallest absolute Gasteiger partial charge is 0.173 e. The number of aryl methyl sites for hydroxylation is 1. The number of halogens is 2. The minimum absolute atomic E-state index is 0.0362. The monoisotopic (exact) mass is 480 g/mol. The average Bonchev–Trinajstić information content (AvgIpc) is 2.68. The molecule has 0 aromatic heterocycles. The number of nitrogens with one attached hydrogen (secondary N) is 1. The van der Waals surface area contributed by atoms with Gasteiger partial charge in [-0.3, -0.25) is 4.79 Å². The van der Waals surface area contributed by atoms with E-state index in [1.165, 1.54) is 12.1 Å². The molecule has 0 saturated carbocycles. The zero-order valence-electron chi connectivity index (χ0n) is 16.2. The molecule has 154 valence electrons. The van der Waals surface area contributed by atoms with E-state index in [1.54, 1.807) is 25.1 Å². The molecule has 0 bridgehead atoms. The van der Waals surface area contributed by atoms with Crippen molar-refractivity contribution in [3.63, 3.8) is 0 Å². The number of carbonyl (C=O) groups is 1. The van der Waals surface area contributed by atoms with Crippen LogP contribution < -0.4 is 10.1 Å². The van der Waals surface area contributed by atoms with Gasteiger partial charge in [0.05, 0.1) is 12.3 Å². The van der Waals surface area contributed by atoms with Gasteiger partial charge in [-0.2, -0.15) is 0 Å². The lowest BCUT2D eigenvalue weighted by Crippen LogP contribution is -2.49. The van der Waals surface area contributed by atoms with Crippen LogP contribution in [0.5, 0.6) is 5.75 Å². The normalized spacial score (nSPS) is 16.4. The van der Waals surface area contributed by atoms with Gasteiger partial charge in [0, 0.05) is 23.1 Å². The van der Waals surface area contributed by atoms with Crippen LogP contribution in [0.1, 0.15) is 22.8 Å². The Balaban J connectivity index is 1.55. The fourth-order valence-corrected chi connectivity index (χ4v) is 3.83. The molecule has 0 amide bonds. The number of ketones is 1. The molecule has 1 saturated heterocycles. The van der Waals surface area contributed by atoms with Gasteiger partial charge >= 0.3 is 0 Å². The summed E-state index contributed by atoms with van der Waals surface area (Å²) in [6, 6.07) is 9.84. The first kappa shape index (κ1) is 21.7. The fraction of sp³-hybridized carbons (Fsp3) is 0.333. The number of Topliss-reactive ketones (excluding diaryl/α,β-unsaturated/α-hetero) is 1. The molecule has 1 aliphatic heterocycles. The molecule has 2 aromatic carbocycles. The van der Waals surface area contributed by atoms with Gasteiger partial charge in [0.25, 0.3) is 0 Å². The van der Waals surface area contributed by atoms with E-state index in [0.29, 0.717) is 52.9 Å². The molecule has 1 heterocycles. The van der Waals surface area contributed by atoms with Gasteiger partial charge in [-0.15, -0.1) is 0 Å². The molecule has 8 heteroatoms. The highest BCUT2D eigenvalue weighted by molar-refractivity contribution is 9.10. The Hall–Kier alpha value is -2.03. The number of ether oxygens (including phenoxy) is 2. The number of benzene rings is 2. The molecule has 1 unspecified atom stereocenters. The van der Waals surface area contributed by atoms with E-state index in [2.05, 4.69) is 21.2 Å². The van der Waals surface area contributed by atoms with Crippen molar-refractivity contribution in [1.29, 1.82) is 0 Å². The van der Waals surface area contributed by atoms with Crippen LogP contribution in [0, 0.1) is 12.7 Å². The third-order valence-electron chi connectivity index (χ3n) is 4.61. The SMILES string of the molecule is CC(=O)c1ccc(OCC2CN(C(=S)Nc3ccc(F)cc3Br)CCO2)cc1C. The Morgan fingerprint density at radius 3 is 2.86 bits per heavy atom. The predicted octanol–water partition coefficient (Wildman–Crippen LogP) is 4.58. The molecule has 2 aromatic rings. The fourth-order valence-electron chi connectivity index (χ4n) is 3.10. The number of morpholine rings is 1. The van der Waals surface area contributed by atoms with Crippen molar-refractivity contribution in [3.8, 4) is 5.75 Å². The van der Waals surface area contributed by atoms with Gasteiger partial charge < -0.3 is 19.7 Å². The van der Waals surface area contributed by atoms with Crippen LogP contribution in [-0.4, -0.2) is 48.2 Å². The molecule has 1 atom stereocenters. The van der Waals surface area contributed by atoms with E-state index in [-0.39, 0.29) is 17.7 Å². The van der Waals surface area contributed by atoms with Crippen LogP contribution in [0.4, 0.5) is 10.1 Å². The van der Waals surface area contributed by atoms with E-state index in [4.69, 9.17) is 21.7 Å². The van der Waals surface area contributed by atoms with Gasteiger partial charge in [0.1, 0.15) is 24.3 Å². The molecule has 0 radical (unpaired) electrons. The number of hydrogen-bond acceptors (Lipinski definition) is 4. The summed E-state index contributed by atoms with van der Waals surface area (Å²) >= 11 is 8.84. The van der Waals surface area contributed by atoms with Crippen molar-refractivity contribution in [2.45, 2.75) is 20.0 Å². The summed E-state index contributed by atoms with van der Waals surface area (Å²) in [5.74, 6) is 0.418. The van der Waals surface area contributed by atoms with Crippen molar-refractivity contribution in [1.82, 2.24) is 4.90 Å². The molecule has 1 N–H and O–H groups in total. The van der Waals surface area contributed by atoms with E-state index in [1.807, 2.05) is 17.9 Å². The topological polar surface area (TPSA) is 50.8 Å². The highest BCUT2D eigenvalue weighted by atomic mass is 79.9. The molecule has 0 spiro atoms. The molecule has 3 rings (SSSR count). The average molecular weight is 481 g/mol.